The molecule has 1 unspecified atom stereocenters. The van der Waals surface area contributed by atoms with Gasteiger partial charge >= 0.3 is 6.36 Å². The first-order chi connectivity index (χ1) is 7.89. The van der Waals surface area contributed by atoms with Crippen molar-refractivity contribution < 1.29 is 23.0 Å². The van der Waals surface area contributed by atoms with Crippen LogP contribution in [0, 0.1) is 0 Å². The van der Waals surface area contributed by atoms with Gasteiger partial charge in [0.1, 0.15) is 11.4 Å². The molecule has 1 aromatic carbocycles. The molecule has 1 aromatic rings. The number of nitrogens with one attached hydrogen (secondary N) is 1. The van der Waals surface area contributed by atoms with Gasteiger partial charge in [0.05, 0.1) is 0 Å². The normalized spacial score (nSPS) is 24.9. The van der Waals surface area contributed by atoms with Gasteiger partial charge in [-0.05, 0) is 30.7 Å². The summed E-state index contributed by atoms with van der Waals surface area (Å²) in [5.74, 6) is -0.282. The first kappa shape index (κ1) is 12.2. The molecule has 1 heterocycles. The van der Waals surface area contributed by atoms with Crippen molar-refractivity contribution in [2.24, 2.45) is 0 Å². The first-order valence-corrected chi connectivity index (χ1v) is 5.18. The van der Waals surface area contributed by atoms with Crippen LogP contribution in [0.25, 0.3) is 0 Å². The second-order valence-corrected chi connectivity index (χ2v) is 4.03. The highest BCUT2D eigenvalue weighted by molar-refractivity contribution is 5.31. The van der Waals surface area contributed by atoms with Crippen LogP contribution in [-0.4, -0.2) is 24.6 Å². The van der Waals surface area contributed by atoms with Crippen LogP contribution in [0.1, 0.15) is 12.0 Å². The number of rotatable bonds is 2. The molecule has 17 heavy (non-hydrogen) atoms. The van der Waals surface area contributed by atoms with Gasteiger partial charge in [-0.3, -0.25) is 0 Å². The Morgan fingerprint density at radius 2 is 1.88 bits per heavy atom. The van der Waals surface area contributed by atoms with Crippen LogP contribution in [-0.2, 0) is 5.60 Å². The molecule has 0 spiro atoms. The summed E-state index contributed by atoms with van der Waals surface area (Å²) in [6.07, 6.45) is -4.14. The van der Waals surface area contributed by atoms with Gasteiger partial charge in [-0.2, -0.15) is 0 Å². The summed E-state index contributed by atoms with van der Waals surface area (Å²) in [6.45, 7) is 1.10. The predicted molar refractivity (Wildman–Crippen MR) is 54.5 cm³/mol. The van der Waals surface area contributed by atoms with Gasteiger partial charge in [0.15, 0.2) is 0 Å². The van der Waals surface area contributed by atoms with Gasteiger partial charge in [-0.25, -0.2) is 0 Å². The Morgan fingerprint density at radius 3 is 2.35 bits per heavy atom. The van der Waals surface area contributed by atoms with Crippen molar-refractivity contribution in [1.29, 1.82) is 0 Å². The van der Waals surface area contributed by atoms with Crippen molar-refractivity contribution in [2.75, 3.05) is 13.1 Å². The maximum Gasteiger partial charge on any atom is 0.573 e. The highest BCUT2D eigenvalue weighted by atomic mass is 19.4. The zero-order valence-electron chi connectivity index (χ0n) is 8.92. The fourth-order valence-electron chi connectivity index (χ4n) is 1.89. The lowest BCUT2D eigenvalue weighted by atomic mass is 9.93. The number of hydrogen-bond acceptors (Lipinski definition) is 3. The predicted octanol–water partition coefficient (Wildman–Crippen LogP) is 1.77. The van der Waals surface area contributed by atoms with Gasteiger partial charge in [0.2, 0.25) is 0 Å². The van der Waals surface area contributed by atoms with Crippen molar-refractivity contribution in [3.05, 3.63) is 29.8 Å². The van der Waals surface area contributed by atoms with E-state index in [1.807, 2.05) is 0 Å². The molecule has 0 aromatic heterocycles. The second-order valence-electron chi connectivity index (χ2n) is 4.03. The van der Waals surface area contributed by atoms with Crippen LogP contribution < -0.4 is 10.1 Å². The maximum atomic E-state index is 11.9. The third-order valence-electron chi connectivity index (χ3n) is 2.76. The molecule has 2 N–H and O–H groups in total. The van der Waals surface area contributed by atoms with E-state index in [0.29, 0.717) is 25.1 Å². The maximum absolute atomic E-state index is 11.9. The van der Waals surface area contributed by atoms with E-state index < -0.39 is 12.0 Å². The Balaban J connectivity index is 2.13. The molecule has 0 bridgehead atoms. The third kappa shape index (κ3) is 2.89. The number of ether oxygens (including phenoxy) is 1. The van der Waals surface area contributed by atoms with Crippen LogP contribution in [0.4, 0.5) is 13.2 Å². The summed E-state index contributed by atoms with van der Waals surface area (Å²) < 4.78 is 39.6. The van der Waals surface area contributed by atoms with Gasteiger partial charge in [-0.15, -0.1) is 13.2 Å². The molecule has 3 nitrogen and oxygen atoms in total. The third-order valence-corrected chi connectivity index (χ3v) is 2.76. The number of aliphatic hydroxyl groups is 1. The zero-order chi connectivity index (χ0) is 12.5. The van der Waals surface area contributed by atoms with Crippen LogP contribution >= 0.6 is 0 Å². The Labute approximate surface area is 96.2 Å². The Morgan fingerprint density at radius 1 is 1.24 bits per heavy atom. The molecular formula is C11H12F3NO2. The Hall–Kier alpha value is -1.27. The number of β-amino-alcohol motifs (C(OH)–C–C–N with tert-alkyl or cyclic N) is 1. The summed E-state index contributed by atoms with van der Waals surface area (Å²) in [6, 6.07) is 5.32. The van der Waals surface area contributed by atoms with Crippen LogP contribution in [0.15, 0.2) is 24.3 Å². The molecule has 1 aliphatic heterocycles. The molecule has 2 rings (SSSR count). The largest absolute Gasteiger partial charge is 0.573 e. The number of hydrogen-bond donors (Lipinski definition) is 2. The average Bonchev–Trinajstić information content (AvgIpc) is 2.65. The highest BCUT2D eigenvalue weighted by Gasteiger charge is 2.34. The van der Waals surface area contributed by atoms with Crippen molar-refractivity contribution in [3.8, 4) is 5.75 Å². The minimum Gasteiger partial charge on any atom is -0.406 e. The number of benzene rings is 1. The number of alkyl halides is 3. The van der Waals surface area contributed by atoms with Crippen molar-refractivity contribution >= 4 is 0 Å². The molecule has 1 fully saturated rings. The molecule has 1 atom stereocenters. The quantitative estimate of drug-likeness (QED) is 0.836. The molecule has 1 aliphatic rings. The van der Waals surface area contributed by atoms with Gasteiger partial charge < -0.3 is 15.2 Å². The topological polar surface area (TPSA) is 41.5 Å². The van der Waals surface area contributed by atoms with Gasteiger partial charge in [0.25, 0.3) is 0 Å². The van der Waals surface area contributed by atoms with E-state index in [1.165, 1.54) is 24.3 Å². The summed E-state index contributed by atoms with van der Waals surface area (Å²) in [5, 5.41) is 13.2. The van der Waals surface area contributed by atoms with E-state index in [1.54, 1.807) is 0 Å². The molecule has 0 aliphatic carbocycles. The fourth-order valence-corrected chi connectivity index (χ4v) is 1.89. The molecule has 0 radical (unpaired) electrons. The Bertz CT molecular complexity index is 383. The average molecular weight is 247 g/mol. The minimum atomic E-state index is -4.69. The van der Waals surface area contributed by atoms with Gasteiger partial charge in [-0.1, -0.05) is 12.1 Å². The van der Waals surface area contributed by atoms with E-state index in [4.69, 9.17) is 0 Å². The molecular weight excluding hydrogens is 235 g/mol. The van der Waals surface area contributed by atoms with Crippen LogP contribution in [0.3, 0.4) is 0 Å². The summed E-state index contributed by atoms with van der Waals surface area (Å²) >= 11 is 0. The van der Waals surface area contributed by atoms with Gasteiger partial charge in [0, 0.05) is 6.54 Å². The lowest BCUT2D eigenvalue weighted by Crippen LogP contribution is -2.28. The summed E-state index contributed by atoms with van der Waals surface area (Å²) in [7, 11) is 0. The monoisotopic (exact) mass is 247 g/mol. The SMILES string of the molecule is OC1(c2ccc(OC(F)(F)F)cc2)CCNC1. The smallest absolute Gasteiger partial charge is 0.406 e. The second kappa shape index (κ2) is 4.19. The highest BCUT2D eigenvalue weighted by Crippen LogP contribution is 2.30. The van der Waals surface area contributed by atoms with Crippen molar-refractivity contribution in [2.45, 2.75) is 18.4 Å². The molecule has 1 saturated heterocycles. The lowest BCUT2D eigenvalue weighted by molar-refractivity contribution is -0.274. The van der Waals surface area contributed by atoms with E-state index in [-0.39, 0.29) is 5.75 Å². The van der Waals surface area contributed by atoms with E-state index >= 15 is 0 Å². The standard InChI is InChI=1S/C11H12F3NO2/c12-11(13,14)17-9-3-1-8(2-4-9)10(16)5-6-15-7-10/h1-4,15-16H,5-7H2. The van der Waals surface area contributed by atoms with Crippen LogP contribution in [0.2, 0.25) is 0 Å². The zero-order valence-corrected chi connectivity index (χ0v) is 8.92. The molecule has 0 saturated carbocycles. The summed E-state index contributed by atoms with van der Waals surface area (Å²) in [5.41, 5.74) is -0.395. The molecule has 94 valence electrons. The van der Waals surface area contributed by atoms with E-state index in [9.17, 15) is 18.3 Å². The van der Waals surface area contributed by atoms with Crippen molar-refractivity contribution in [3.63, 3.8) is 0 Å². The lowest BCUT2D eigenvalue weighted by Gasteiger charge is -2.22. The number of halogens is 3. The van der Waals surface area contributed by atoms with Crippen molar-refractivity contribution in [1.82, 2.24) is 5.32 Å². The van der Waals surface area contributed by atoms with E-state index in [2.05, 4.69) is 10.1 Å². The van der Waals surface area contributed by atoms with Crippen LogP contribution in [0.5, 0.6) is 5.75 Å². The first-order valence-electron chi connectivity index (χ1n) is 5.18. The fraction of sp³-hybridized carbons (Fsp3) is 0.455. The molecule has 6 heteroatoms. The molecule has 0 amide bonds. The summed E-state index contributed by atoms with van der Waals surface area (Å²) in [4.78, 5) is 0. The van der Waals surface area contributed by atoms with E-state index in [0.717, 1.165) is 0 Å². The Kier molecular flexibility index (Phi) is 3.01. The minimum absolute atomic E-state index is 0.282.